The molecular formula is C21H25NO6. The molecule has 0 spiro atoms. The molecule has 0 aliphatic heterocycles. The molecule has 0 fully saturated rings. The van der Waals surface area contributed by atoms with Crippen LogP contribution in [0, 0.1) is 0 Å². The number of aliphatic carboxylic acids is 1. The summed E-state index contributed by atoms with van der Waals surface area (Å²) in [6, 6.07) is 11.0. The molecular weight excluding hydrogens is 362 g/mol. The summed E-state index contributed by atoms with van der Waals surface area (Å²) in [7, 11) is 3.00. The molecule has 7 nitrogen and oxygen atoms in total. The van der Waals surface area contributed by atoms with E-state index in [2.05, 4.69) is 5.32 Å². The highest BCUT2D eigenvalue weighted by molar-refractivity contribution is 5.95. The molecule has 2 N–H and O–H groups in total. The second-order valence-corrected chi connectivity index (χ2v) is 6.11. The Bertz CT molecular complexity index is 820. The highest BCUT2D eigenvalue weighted by Crippen LogP contribution is 2.31. The fourth-order valence-corrected chi connectivity index (χ4v) is 2.71. The van der Waals surface area contributed by atoms with Crippen molar-refractivity contribution >= 4 is 11.9 Å². The van der Waals surface area contributed by atoms with Gasteiger partial charge in [0.2, 0.25) is 0 Å². The molecule has 0 radical (unpaired) electrons. The molecule has 0 bridgehead atoms. The average Bonchev–Trinajstić information content (AvgIpc) is 2.71. The van der Waals surface area contributed by atoms with E-state index in [9.17, 15) is 14.7 Å². The summed E-state index contributed by atoms with van der Waals surface area (Å²) in [6.07, 6.45) is 0.564. The number of hydrogen-bond donors (Lipinski definition) is 2. The van der Waals surface area contributed by atoms with Gasteiger partial charge in [0, 0.05) is 17.2 Å². The van der Waals surface area contributed by atoms with Crippen LogP contribution in [-0.4, -0.2) is 37.8 Å². The maximum Gasteiger partial charge on any atom is 0.305 e. The third-order valence-electron chi connectivity index (χ3n) is 4.07. The zero-order valence-electron chi connectivity index (χ0n) is 16.2. The Balaban J connectivity index is 2.27. The first-order valence-electron chi connectivity index (χ1n) is 8.96. The van der Waals surface area contributed by atoms with Gasteiger partial charge in [-0.25, -0.2) is 0 Å². The fraction of sp³-hybridized carbons (Fsp3) is 0.333. The largest absolute Gasteiger partial charge is 0.497 e. The number of amides is 1. The number of rotatable bonds is 10. The van der Waals surface area contributed by atoms with E-state index in [1.54, 1.807) is 42.5 Å². The molecule has 1 unspecified atom stereocenters. The summed E-state index contributed by atoms with van der Waals surface area (Å²) in [4.78, 5) is 24.1. The van der Waals surface area contributed by atoms with Crippen LogP contribution < -0.4 is 19.5 Å². The summed E-state index contributed by atoms with van der Waals surface area (Å²) in [5.41, 5.74) is 0.939. The van der Waals surface area contributed by atoms with Crippen molar-refractivity contribution in [3.05, 3.63) is 53.6 Å². The number of nitrogens with one attached hydrogen (secondary N) is 1. The van der Waals surface area contributed by atoms with Gasteiger partial charge in [-0.2, -0.15) is 0 Å². The van der Waals surface area contributed by atoms with Crippen LogP contribution in [-0.2, 0) is 4.79 Å². The van der Waals surface area contributed by atoms with Crippen molar-refractivity contribution in [1.82, 2.24) is 5.32 Å². The van der Waals surface area contributed by atoms with Crippen LogP contribution in [0.3, 0.4) is 0 Å². The summed E-state index contributed by atoms with van der Waals surface area (Å²) in [5.74, 6) is 0.160. The summed E-state index contributed by atoms with van der Waals surface area (Å²) >= 11 is 0. The second kappa shape index (κ2) is 10.2. The van der Waals surface area contributed by atoms with Gasteiger partial charge in [-0.1, -0.05) is 13.0 Å². The molecule has 0 aliphatic rings. The number of carboxylic acids is 1. The number of carbonyl (C=O) groups excluding carboxylic acids is 1. The van der Waals surface area contributed by atoms with E-state index >= 15 is 0 Å². The smallest absolute Gasteiger partial charge is 0.305 e. The average molecular weight is 387 g/mol. The molecule has 2 aromatic carbocycles. The van der Waals surface area contributed by atoms with Gasteiger partial charge in [0.1, 0.15) is 17.2 Å². The Kier molecular flexibility index (Phi) is 7.68. The molecule has 0 aromatic heterocycles. The molecule has 0 heterocycles. The zero-order chi connectivity index (χ0) is 20.5. The maximum absolute atomic E-state index is 12.7. The summed E-state index contributed by atoms with van der Waals surface area (Å²) in [5, 5.41) is 12.1. The Hall–Kier alpha value is -3.22. The van der Waals surface area contributed by atoms with Gasteiger partial charge in [0.25, 0.3) is 5.91 Å². The minimum atomic E-state index is -1.04. The summed E-state index contributed by atoms with van der Waals surface area (Å²) < 4.78 is 16.1. The van der Waals surface area contributed by atoms with Gasteiger partial charge in [-0.15, -0.1) is 0 Å². The van der Waals surface area contributed by atoms with Crippen molar-refractivity contribution < 1.29 is 28.9 Å². The Morgan fingerprint density at radius 2 is 1.86 bits per heavy atom. The van der Waals surface area contributed by atoms with Crippen LogP contribution in [0.5, 0.6) is 17.2 Å². The van der Waals surface area contributed by atoms with E-state index < -0.39 is 17.9 Å². The molecule has 150 valence electrons. The quantitative estimate of drug-likeness (QED) is 0.649. The predicted molar refractivity (Wildman–Crippen MR) is 104 cm³/mol. The molecule has 0 saturated heterocycles. The van der Waals surface area contributed by atoms with E-state index in [-0.39, 0.29) is 6.42 Å². The second-order valence-electron chi connectivity index (χ2n) is 6.11. The van der Waals surface area contributed by atoms with E-state index in [0.29, 0.717) is 35.0 Å². The summed E-state index contributed by atoms with van der Waals surface area (Å²) in [6.45, 7) is 2.55. The van der Waals surface area contributed by atoms with Crippen molar-refractivity contribution in [3.63, 3.8) is 0 Å². The van der Waals surface area contributed by atoms with Gasteiger partial charge in [-0.3, -0.25) is 9.59 Å². The lowest BCUT2D eigenvalue weighted by molar-refractivity contribution is -0.137. The standard InChI is InChI=1S/C21H25NO6/c1-4-10-28-16-7-5-6-14(11-16)21(25)22-18(13-20(23)24)17-9-8-15(26-2)12-19(17)27-3/h5-9,11-12,18H,4,10,13H2,1-3H3,(H,22,25)(H,23,24). The van der Waals surface area contributed by atoms with Crippen molar-refractivity contribution in [2.45, 2.75) is 25.8 Å². The Morgan fingerprint density at radius 1 is 1.07 bits per heavy atom. The van der Waals surface area contributed by atoms with Gasteiger partial charge >= 0.3 is 5.97 Å². The lowest BCUT2D eigenvalue weighted by atomic mass is 10.0. The van der Waals surface area contributed by atoms with Crippen molar-refractivity contribution in [1.29, 1.82) is 0 Å². The highest BCUT2D eigenvalue weighted by atomic mass is 16.5. The van der Waals surface area contributed by atoms with Crippen LogP contribution >= 0.6 is 0 Å². The van der Waals surface area contributed by atoms with Gasteiger partial charge < -0.3 is 24.6 Å². The van der Waals surface area contributed by atoms with E-state index in [1.165, 1.54) is 14.2 Å². The lowest BCUT2D eigenvalue weighted by Gasteiger charge is -2.20. The fourth-order valence-electron chi connectivity index (χ4n) is 2.71. The molecule has 1 amide bonds. The third kappa shape index (κ3) is 5.64. The van der Waals surface area contributed by atoms with E-state index in [1.807, 2.05) is 6.92 Å². The number of hydrogen-bond acceptors (Lipinski definition) is 5. The lowest BCUT2D eigenvalue weighted by Crippen LogP contribution is -2.30. The topological polar surface area (TPSA) is 94.1 Å². The molecule has 0 aliphatic carbocycles. The minimum Gasteiger partial charge on any atom is -0.497 e. The number of carbonyl (C=O) groups is 2. The first kappa shape index (κ1) is 21.1. The van der Waals surface area contributed by atoms with E-state index in [4.69, 9.17) is 14.2 Å². The van der Waals surface area contributed by atoms with Crippen LogP contribution in [0.2, 0.25) is 0 Å². The van der Waals surface area contributed by atoms with Gasteiger partial charge in [-0.05, 0) is 36.8 Å². The number of ether oxygens (including phenoxy) is 3. The van der Waals surface area contributed by atoms with Crippen LogP contribution in [0.1, 0.15) is 41.7 Å². The number of benzene rings is 2. The van der Waals surface area contributed by atoms with Crippen molar-refractivity contribution in [2.24, 2.45) is 0 Å². The normalized spacial score (nSPS) is 11.4. The maximum atomic E-state index is 12.7. The molecule has 28 heavy (non-hydrogen) atoms. The molecule has 2 aromatic rings. The Morgan fingerprint density at radius 3 is 2.50 bits per heavy atom. The third-order valence-corrected chi connectivity index (χ3v) is 4.07. The Labute approximate surface area is 164 Å². The molecule has 7 heteroatoms. The SMILES string of the molecule is CCCOc1cccc(C(=O)NC(CC(=O)O)c2ccc(OC)cc2OC)c1. The van der Waals surface area contributed by atoms with E-state index in [0.717, 1.165) is 6.42 Å². The van der Waals surface area contributed by atoms with Gasteiger partial charge in [0.15, 0.2) is 0 Å². The predicted octanol–water partition coefficient (Wildman–Crippen LogP) is 3.44. The minimum absolute atomic E-state index is 0.291. The molecule has 2 rings (SSSR count). The molecule has 0 saturated carbocycles. The van der Waals surface area contributed by atoms with Crippen LogP contribution in [0.25, 0.3) is 0 Å². The zero-order valence-corrected chi connectivity index (χ0v) is 16.2. The first-order chi connectivity index (χ1) is 13.5. The van der Waals surface area contributed by atoms with Crippen LogP contribution in [0.15, 0.2) is 42.5 Å². The van der Waals surface area contributed by atoms with Crippen LogP contribution in [0.4, 0.5) is 0 Å². The van der Waals surface area contributed by atoms with Crippen molar-refractivity contribution in [3.8, 4) is 17.2 Å². The van der Waals surface area contributed by atoms with Gasteiger partial charge in [0.05, 0.1) is 33.3 Å². The monoisotopic (exact) mass is 387 g/mol. The molecule has 1 atom stereocenters. The number of methoxy groups -OCH3 is 2. The first-order valence-corrected chi connectivity index (χ1v) is 8.96. The number of carboxylic acid groups (broad SMARTS) is 1. The highest BCUT2D eigenvalue weighted by Gasteiger charge is 2.23. The van der Waals surface area contributed by atoms with Crippen molar-refractivity contribution in [2.75, 3.05) is 20.8 Å².